The van der Waals surface area contributed by atoms with Gasteiger partial charge >= 0.3 is 5.97 Å². The van der Waals surface area contributed by atoms with Gasteiger partial charge in [-0.3, -0.25) is 4.79 Å². The summed E-state index contributed by atoms with van der Waals surface area (Å²) in [5.74, 6) is 1.44. The molecule has 1 aliphatic rings. The van der Waals surface area contributed by atoms with Crippen LogP contribution in [0.2, 0.25) is 0 Å². The molecule has 0 spiro atoms. The zero-order chi connectivity index (χ0) is 19.4. The van der Waals surface area contributed by atoms with E-state index in [0.29, 0.717) is 11.8 Å². The molecular formula is C24H40O2. The number of methoxy groups -OCH3 is 1. The molecule has 0 saturated heterocycles. The average molecular weight is 361 g/mol. The zero-order valence-corrected chi connectivity index (χ0v) is 17.7. The van der Waals surface area contributed by atoms with E-state index in [9.17, 15) is 4.79 Å². The molecule has 0 aromatic rings. The van der Waals surface area contributed by atoms with E-state index in [-0.39, 0.29) is 5.97 Å². The topological polar surface area (TPSA) is 26.3 Å². The molecular weight excluding hydrogens is 320 g/mol. The molecule has 0 aromatic carbocycles. The SMILES string of the molecule is COC(=O)CCCC=CC[C@H]1CCC[C@@H]1C=CCC(C)(C)CC=C(C)C. The van der Waals surface area contributed by atoms with Crippen molar-refractivity contribution in [2.75, 3.05) is 7.11 Å². The van der Waals surface area contributed by atoms with Crippen molar-refractivity contribution in [1.82, 2.24) is 0 Å². The van der Waals surface area contributed by atoms with Gasteiger partial charge in [-0.05, 0) is 76.0 Å². The van der Waals surface area contributed by atoms with E-state index in [2.05, 4.69) is 62.8 Å². The maximum Gasteiger partial charge on any atom is 0.305 e. The number of allylic oxidation sites excluding steroid dienone is 6. The highest BCUT2D eigenvalue weighted by Gasteiger charge is 2.24. The number of unbranched alkanes of at least 4 members (excludes halogenated alkanes) is 1. The molecule has 0 amide bonds. The van der Waals surface area contributed by atoms with Gasteiger partial charge in [-0.1, -0.05) is 56.2 Å². The standard InChI is InChI=1S/C24H40O2/c1-20(2)17-19-24(3,4)18-11-15-22-14-10-13-21(22)12-8-6-7-9-16-23(25)26-5/h6,8,11,15,17,21-22H,7,9-10,12-14,16,18-19H2,1-5H3/t21-,22+/m0/s1. The molecule has 1 aliphatic carbocycles. The maximum absolute atomic E-state index is 11.1. The third kappa shape index (κ3) is 9.99. The summed E-state index contributed by atoms with van der Waals surface area (Å²) >= 11 is 0. The molecule has 0 radical (unpaired) electrons. The van der Waals surface area contributed by atoms with Crippen molar-refractivity contribution in [1.29, 1.82) is 0 Å². The first kappa shape index (κ1) is 22.7. The summed E-state index contributed by atoms with van der Waals surface area (Å²) < 4.78 is 4.67. The Labute approximate surface area is 161 Å². The van der Waals surface area contributed by atoms with Gasteiger partial charge < -0.3 is 4.74 Å². The summed E-state index contributed by atoms with van der Waals surface area (Å²) in [5, 5.41) is 0. The Morgan fingerprint density at radius 2 is 1.88 bits per heavy atom. The number of carbonyl (C=O) groups is 1. The van der Waals surface area contributed by atoms with E-state index in [1.54, 1.807) is 0 Å². The summed E-state index contributed by atoms with van der Waals surface area (Å²) in [4.78, 5) is 11.1. The molecule has 0 bridgehead atoms. The number of hydrogen-bond donors (Lipinski definition) is 0. The van der Waals surface area contributed by atoms with Gasteiger partial charge in [0, 0.05) is 6.42 Å². The lowest BCUT2D eigenvalue weighted by Crippen LogP contribution is -2.09. The highest BCUT2D eigenvalue weighted by Crippen LogP contribution is 2.36. The molecule has 1 fully saturated rings. The fraction of sp³-hybridized carbons (Fsp3) is 0.708. The molecule has 26 heavy (non-hydrogen) atoms. The lowest BCUT2D eigenvalue weighted by Gasteiger charge is -2.22. The molecule has 2 atom stereocenters. The highest BCUT2D eigenvalue weighted by atomic mass is 16.5. The van der Waals surface area contributed by atoms with Crippen molar-refractivity contribution >= 4 is 5.97 Å². The van der Waals surface area contributed by atoms with E-state index >= 15 is 0 Å². The normalized spacial score (nSPS) is 20.8. The Morgan fingerprint density at radius 3 is 2.58 bits per heavy atom. The van der Waals surface area contributed by atoms with Gasteiger partial charge in [-0.15, -0.1) is 0 Å². The summed E-state index contributed by atoms with van der Waals surface area (Å²) in [7, 11) is 1.45. The lowest BCUT2D eigenvalue weighted by atomic mass is 9.84. The van der Waals surface area contributed by atoms with E-state index in [4.69, 9.17) is 0 Å². The Kier molecular flexibility index (Phi) is 10.6. The highest BCUT2D eigenvalue weighted by molar-refractivity contribution is 5.69. The van der Waals surface area contributed by atoms with E-state index < -0.39 is 0 Å². The summed E-state index contributed by atoms with van der Waals surface area (Å²) in [5.41, 5.74) is 1.76. The van der Waals surface area contributed by atoms with Crippen LogP contribution in [0.1, 0.15) is 85.5 Å². The fourth-order valence-corrected chi connectivity index (χ4v) is 3.59. The van der Waals surface area contributed by atoms with Crippen molar-refractivity contribution in [2.24, 2.45) is 17.3 Å². The Balaban J connectivity index is 2.33. The molecule has 0 N–H and O–H groups in total. The van der Waals surface area contributed by atoms with Crippen LogP contribution in [0.15, 0.2) is 36.0 Å². The first-order valence-electron chi connectivity index (χ1n) is 10.4. The quantitative estimate of drug-likeness (QED) is 0.225. The average Bonchev–Trinajstić information content (AvgIpc) is 3.03. The molecule has 2 heteroatoms. The van der Waals surface area contributed by atoms with Gasteiger partial charge in [0.2, 0.25) is 0 Å². The number of carbonyl (C=O) groups excluding carboxylic acids is 1. The summed E-state index contributed by atoms with van der Waals surface area (Å²) in [6.45, 7) is 9.08. The van der Waals surface area contributed by atoms with E-state index in [1.165, 1.54) is 38.4 Å². The summed E-state index contributed by atoms with van der Waals surface area (Å²) in [6.07, 6.45) is 21.8. The molecule has 148 valence electrons. The van der Waals surface area contributed by atoms with Gasteiger partial charge in [0.1, 0.15) is 0 Å². The van der Waals surface area contributed by atoms with Crippen molar-refractivity contribution in [3.63, 3.8) is 0 Å². The molecule has 1 saturated carbocycles. The van der Waals surface area contributed by atoms with Gasteiger partial charge in [0.15, 0.2) is 0 Å². The molecule has 0 aromatic heterocycles. The molecule has 0 aliphatic heterocycles. The van der Waals surface area contributed by atoms with Gasteiger partial charge in [0.05, 0.1) is 7.11 Å². The minimum Gasteiger partial charge on any atom is -0.469 e. The maximum atomic E-state index is 11.1. The van der Waals surface area contributed by atoms with Crippen molar-refractivity contribution in [2.45, 2.75) is 85.5 Å². The molecule has 0 heterocycles. The third-order valence-corrected chi connectivity index (χ3v) is 5.42. The van der Waals surface area contributed by atoms with Crippen LogP contribution in [0.25, 0.3) is 0 Å². The van der Waals surface area contributed by atoms with E-state index in [0.717, 1.165) is 37.5 Å². The van der Waals surface area contributed by atoms with Gasteiger partial charge in [-0.2, -0.15) is 0 Å². The minimum atomic E-state index is -0.105. The van der Waals surface area contributed by atoms with Crippen LogP contribution in [0.5, 0.6) is 0 Å². The van der Waals surface area contributed by atoms with Crippen LogP contribution >= 0.6 is 0 Å². The summed E-state index contributed by atoms with van der Waals surface area (Å²) in [6, 6.07) is 0. The molecule has 2 nitrogen and oxygen atoms in total. The first-order valence-corrected chi connectivity index (χ1v) is 10.4. The number of rotatable bonds is 11. The first-order chi connectivity index (χ1) is 12.3. The van der Waals surface area contributed by atoms with Crippen molar-refractivity contribution in [3.8, 4) is 0 Å². The largest absolute Gasteiger partial charge is 0.469 e. The van der Waals surface area contributed by atoms with Crippen molar-refractivity contribution < 1.29 is 9.53 Å². The van der Waals surface area contributed by atoms with Crippen LogP contribution in [0.3, 0.4) is 0 Å². The smallest absolute Gasteiger partial charge is 0.305 e. The zero-order valence-electron chi connectivity index (χ0n) is 17.7. The monoisotopic (exact) mass is 360 g/mol. The van der Waals surface area contributed by atoms with Gasteiger partial charge in [-0.25, -0.2) is 0 Å². The third-order valence-electron chi connectivity index (χ3n) is 5.42. The second-order valence-corrected chi connectivity index (χ2v) is 8.81. The van der Waals surface area contributed by atoms with Crippen LogP contribution in [0.4, 0.5) is 0 Å². The van der Waals surface area contributed by atoms with E-state index in [1.807, 2.05) is 0 Å². The van der Waals surface area contributed by atoms with Crippen molar-refractivity contribution in [3.05, 3.63) is 36.0 Å². The Hall–Kier alpha value is -1.31. The molecule has 1 rings (SSSR count). The Morgan fingerprint density at radius 1 is 1.12 bits per heavy atom. The number of hydrogen-bond acceptors (Lipinski definition) is 2. The van der Waals surface area contributed by atoms with Crippen LogP contribution in [-0.4, -0.2) is 13.1 Å². The van der Waals surface area contributed by atoms with Crippen LogP contribution in [0, 0.1) is 17.3 Å². The second kappa shape index (κ2) is 12.1. The molecule has 0 unspecified atom stereocenters. The van der Waals surface area contributed by atoms with Crippen LogP contribution in [-0.2, 0) is 9.53 Å². The Bertz CT molecular complexity index is 492. The predicted molar refractivity (Wildman–Crippen MR) is 112 cm³/mol. The predicted octanol–water partition coefficient (Wildman–Crippen LogP) is 7.02. The second-order valence-electron chi connectivity index (χ2n) is 8.81. The lowest BCUT2D eigenvalue weighted by molar-refractivity contribution is -0.140. The van der Waals surface area contributed by atoms with Crippen LogP contribution < -0.4 is 0 Å². The number of ether oxygens (including phenoxy) is 1. The minimum absolute atomic E-state index is 0.105. The number of esters is 1. The van der Waals surface area contributed by atoms with Gasteiger partial charge in [0.25, 0.3) is 0 Å². The fourth-order valence-electron chi connectivity index (χ4n) is 3.59.